The number of carbonyl (C=O) groups is 1. The molecule has 1 heterocycles. The van der Waals surface area contributed by atoms with Crippen LogP contribution in [0.3, 0.4) is 0 Å². The molecule has 32 heavy (non-hydrogen) atoms. The molecular formula is C23H19F6NO2. The predicted molar refractivity (Wildman–Crippen MR) is 105 cm³/mol. The second kappa shape index (κ2) is 7.56. The molecule has 1 amide bonds. The molecule has 1 aliphatic carbocycles. The van der Waals surface area contributed by atoms with Crippen LogP contribution in [0.15, 0.2) is 36.1 Å². The lowest BCUT2D eigenvalue weighted by atomic mass is 9.75. The van der Waals surface area contributed by atoms with Crippen LogP contribution < -0.4 is 5.32 Å². The van der Waals surface area contributed by atoms with E-state index in [0.29, 0.717) is 0 Å². The van der Waals surface area contributed by atoms with E-state index in [9.17, 15) is 36.2 Å². The zero-order valence-electron chi connectivity index (χ0n) is 16.9. The fourth-order valence-corrected chi connectivity index (χ4v) is 4.52. The molecule has 2 aromatic rings. The van der Waals surface area contributed by atoms with Crippen LogP contribution in [0.5, 0.6) is 0 Å². The molecule has 0 atom stereocenters. The molecule has 0 saturated heterocycles. The summed E-state index contributed by atoms with van der Waals surface area (Å²) in [6, 6.07) is 5.48. The van der Waals surface area contributed by atoms with Gasteiger partial charge in [-0.15, -0.1) is 0 Å². The van der Waals surface area contributed by atoms with Crippen LogP contribution in [-0.4, -0.2) is 22.7 Å². The van der Waals surface area contributed by atoms with Crippen LogP contribution in [0.2, 0.25) is 0 Å². The molecule has 0 aromatic heterocycles. The van der Waals surface area contributed by atoms with Crippen molar-refractivity contribution < 1.29 is 36.2 Å². The van der Waals surface area contributed by atoms with E-state index in [2.05, 4.69) is 5.32 Å². The number of hydrogen-bond donors (Lipinski definition) is 2. The molecule has 2 N–H and O–H groups in total. The van der Waals surface area contributed by atoms with Crippen molar-refractivity contribution in [2.75, 3.05) is 0 Å². The molecule has 2 aromatic carbocycles. The Hall–Kier alpha value is -2.97. The minimum absolute atomic E-state index is 0.0362. The Morgan fingerprint density at radius 3 is 2.19 bits per heavy atom. The summed E-state index contributed by atoms with van der Waals surface area (Å²) in [5.74, 6) is -5.61. The first-order valence-electron chi connectivity index (χ1n) is 10.0. The molecule has 9 heteroatoms. The summed E-state index contributed by atoms with van der Waals surface area (Å²) in [5, 5.41) is 13.5. The highest BCUT2D eigenvalue weighted by Gasteiger charge is 2.52. The van der Waals surface area contributed by atoms with Gasteiger partial charge in [0.05, 0.1) is 17.0 Å². The Morgan fingerprint density at radius 2 is 1.59 bits per heavy atom. The Morgan fingerprint density at radius 1 is 0.969 bits per heavy atom. The molecule has 1 spiro atoms. The van der Waals surface area contributed by atoms with Crippen LogP contribution in [0.1, 0.15) is 36.8 Å². The normalized spacial score (nSPS) is 23.7. The number of benzene rings is 2. The van der Waals surface area contributed by atoms with Gasteiger partial charge in [-0.3, -0.25) is 4.79 Å². The third-order valence-corrected chi connectivity index (χ3v) is 6.44. The van der Waals surface area contributed by atoms with Gasteiger partial charge in [-0.2, -0.15) is 13.2 Å². The average Bonchev–Trinajstić information content (AvgIpc) is 2.95. The van der Waals surface area contributed by atoms with Crippen molar-refractivity contribution in [3.63, 3.8) is 0 Å². The van der Waals surface area contributed by atoms with E-state index < -0.39 is 46.8 Å². The van der Waals surface area contributed by atoms with Crippen molar-refractivity contribution >= 4 is 11.5 Å². The first-order chi connectivity index (χ1) is 14.9. The zero-order valence-corrected chi connectivity index (χ0v) is 16.9. The van der Waals surface area contributed by atoms with Gasteiger partial charge in [-0.25, -0.2) is 13.2 Å². The van der Waals surface area contributed by atoms with E-state index in [1.165, 1.54) is 19.1 Å². The highest BCUT2D eigenvalue weighted by atomic mass is 19.4. The Kier molecular flexibility index (Phi) is 5.26. The van der Waals surface area contributed by atoms with Gasteiger partial charge in [0, 0.05) is 0 Å². The fourth-order valence-electron chi connectivity index (χ4n) is 4.52. The number of halogens is 6. The number of amides is 1. The lowest BCUT2D eigenvalue weighted by Gasteiger charge is -2.37. The van der Waals surface area contributed by atoms with Gasteiger partial charge >= 0.3 is 6.18 Å². The highest BCUT2D eigenvalue weighted by molar-refractivity contribution is 6.23. The van der Waals surface area contributed by atoms with Crippen LogP contribution in [-0.2, 0) is 4.79 Å². The van der Waals surface area contributed by atoms with Gasteiger partial charge < -0.3 is 10.4 Å². The van der Waals surface area contributed by atoms with Crippen LogP contribution in [0.25, 0.3) is 16.7 Å². The fraction of sp³-hybridized carbons (Fsp3) is 0.348. The summed E-state index contributed by atoms with van der Waals surface area (Å²) in [5.41, 5.74) is -1.19. The van der Waals surface area contributed by atoms with Crippen LogP contribution in [0.4, 0.5) is 26.3 Å². The molecule has 2 aliphatic rings. The summed E-state index contributed by atoms with van der Waals surface area (Å²) in [7, 11) is 0. The van der Waals surface area contributed by atoms with Crippen molar-refractivity contribution in [2.24, 2.45) is 5.92 Å². The maximum absolute atomic E-state index is 14.7. The minimum Gasteiger partial charge on any atom is -0.509 e. The largest absolute Gasteiger partial charge is 0.509 e. The minimum atomic E-state index is -4.36. The summed E-state index contributed by atoms with van der Waals surface area (Å²) in [6.07, 6.45) is -5.09. The Bertz CT molecular complexity index is 1130. The van der Waals surface area contributed by atoms with Crippen molar-refractivity contribution in [3.8, 4) is 11.1 Å². The van der Waals surface area contributed by atoms with Crippen LogP contribution >= 0.6 is 0 Å². The average molecular weight is 455 g/mol. The van der Waals surface area contributed by atoms with Crippen molar-refractivity contribution in [1.29, 1.82) is 0 Å². The summed E-state index contributed by atoms with van der Waals surface area (Å²) in [6.45, 7) is 1.39. The third kappa shape index (κ3) is 3.63. The maximum atomic E-state index is 14.7. The number of rotatable bonds is 2. The summed E-state index contributed by atoms with van der Waals surface area (Å²) < 4.78 is 80.7. The van der Waals surface area contributed by atoms with Gasteiger partial charge in [0.25, 0.3) is 5.91 Å². The van der Waals surface area contributed by atoms with Gasteiger partial charge in [-0.05, 0) is 79.1 Å². The quantitative estimate of drug-likeness (QED) is 0.549. The number of alkyl halides is 3. The SMILES string of the molecule is Cc1c(F)cc(-c2ccc(F)c(F)c2)cc1C1=C(O)[C@]2(CC[C@@H](C(F)(F)F)CC2)NC1=O. The number of nitrogens with one attached hydrogen (secondary N) is 1. The molecule has 0 bridgehead atoms. The molecule has 170 valence electrons. The van der Waals surface area contributed by atoms with E-state index in [4.69, 9.17) is 0 Å². The Balaban J connectivity index is 1.76. The molecule has 4 rings (SSSR count). The highest BCUT2D eigenvalue weighted by Crippen LogP contribution is 2.47. The second-order valence-electron chi connectivity index (χ2n) is 8.34. The van der Waals surface area contributed by atoms with Crippen molar-refractivity contribution in [3.05, 3.63) is 64.7 Å². The standard InChI is InChI=1S/C23H19F6NO2/c1-11-15(8-13(10-17(11)25)12-2-3-16(24)18(26)9-12)19-20(31)22(30-21(19)32)6-4-14(5-7-22)23(27,28)29/h2-3,8-10,14,31H,4-7H2,1H3,(H,30,32)/t14-,22-. The van der Waals surface area contributed by atoms with Gasteiger partial charge in [0.2, 0.25) is 0 Å². The summed E-state index contributed by atoms with van der Waals surface area (Å²) >= 11 is 0. The number of carbonyl (C=O) groups excluding carboxylic acids is 1. The smallest absolute Gasteiger partial charge is 0.391 e. The lowest BCUT2D eigenvalue weighted by molar-refractivity contribution is -0.184. The third-order valence-electron chi connectivity index (χ3n) is 6.44. The van der Waals surface area contributed by atoms with Gasteiger partial charge in [0.15, 0.2) is 11.6 Å². The number of aliphatic hydroxyl groups excluding tert-OH is 1. The second-order valence-corrected chi connectivity index (χ2v) is 8.34. The van der Waals surface area contributed by atoms with Crippen LogP contribution in [0, 0.1) is 30.3 Å². The maximum Gasteiger partial charge on any atom is 0.391 e. The first kappa shape index (κ1) is 22.2. The Labute approximate surface area is 179 Å². The van der Waals surface area contributed by atoms with Gasteiger partial charge in [-0.1, -0.05) is 6.07 Å². The summed E-state index contributed by atoms with van der Waals surface area (Å²) in [4.78, 5) is 12.8. The van der Waals surface area contributed by atoms with E-state index in [0.717, 1.165) is 18.2 Å². The number of aliphatic hydroxyl groups is 1. The topological polar surface area (TPSA) is 49.3 Å². The molecule has 1 fully saturated rings. The molecule has 1 saturated carbocycles. The van der Waals surface area contributed by atoms with Gasteiger partial charge in [0.1, 0.15) is 11.6 Å². The zero-order chi connectivity index (χ0) is 23.4. The molecule has 0 radical (unpaired) electrons. The van der Waals surface area contributed by atoms with Crippen molar-refractivity contribution in [2.45, 2.75) is 44.3 Å². The van der Waals surface area contributed by atoms with E-state index in [-0.39, 0.29) is 53.5 Å². The van der Waals surface area contributed by atoms with E-state index >= 15 is 0 Å². The molecule has 0 unspecified atom stereocenters. The van der Waals surface area contributed by atoms with E-state index in [1.807, 2.05) is 0 Å². The molecule has 1 aliphatic heterocycles. The molecular weight excluding hydrogens is 436 g/mol. The number of hydrogen-bond acceptors (Lipinski definition) is 2. The molecule has 3 nitrogen and oxygen atoms in total. The predicted octanol–water partition coefficient (Wildman–Crippen LogP) is 5.97. The van der Waals surface area contributed by atoms with Crippen molar-refractivity contribution in [1.82, 2.24) is 5.32 Å². The monoisotopic (exact) mass is 455 g/mol. The first-order valence-corrected chi connectivity index (χ1v) is 10.0. The van der Waals surface area contributed by atoms with E-state index in [1.54, 1.807) is 0 Å². The lowest BCUT2D eigenvalue weighted by Crippen LogP contribution is -2.48.